The third kappa shape index (κ3) is 4.43. The van der Waals surface area contributed by atoms with E-state index in [-0.39, 0.29) is 24.3 Å². The normalized spacial score (nSPS) is 12.0. The van der Waals surface area contributed by atoms with Crippen molar-refractivity contribution in [1.82, 2.24) is 5.32 Å². The molecule has 0 aliphatic heterocycles. The minimum absolute atomic E-state index is 0.240. The third-order valence-corrected chi connectivity index (χ3v) is 4.75. The Kier molecular flexibility index (Phi) is 5.73. The van der Waals surface area contributed by atoms with Crippen LogP contribution < -0.4 is 15.7 Å². The second-order valence-electron chi connectivity index (χ2n) is 6.13. The molecule has 7 heteroatoms. The molecule has 140 valence electrons. The average Bonchev–Trinajstić information content (AvgIpc) is 2.61. The van der Waals surface area contributed by atoms with Crippen LogP contribution in [0, 0.1) is 6.92 Å². The first-order chi connectivity index (χ1) is 12.8. The highest BCUT2D eigenvalue weighted by Crippen LogP contribution is 2.31. The summed E-state index contributed by atoms with van der Waals surface area (Å²) in [5, 5.41) is 4.43. The molecule has 3 rings (SSSR count). The quantitative estimate of drug-likeness (QED) is 0.626. The van der Waals surface area contributed by atoms with Gasteiger partial charge in [-0.25, -0.2) is 4.79 Å². The second-order valence-corrected chi connectivity index (χ2v) is 6.94. The van der Waals surface area contributed by atoms with E-state index in [1.807, 2.05) is 25.1 Å². The summed E-state index contributed by atoms with van der Waals surface area (Å²) in [6, 6.07) is 11.6. The Morgan fingerprint density at radius 3 is 2.67 bits per heavy atom. The molecule has 0 bridgehead atoms. The van der Waals surface area contributed by atoms with E-state index in [4.69, 9.17) is 32.4 Å². The molecule has 0 saturated carbocycles. The van der Waals surface area contributed by atoms with Gasteiger partial charge in [0.15, 0.2) is 6.61 Å². The number of carbonyl (C=O) groups is 1. The number of aryl methyl sites for hydroxylation is 1. The predicted octanol–water partition coefficient (Wildman–Crippen LogP) is 4.66. The molecular weight excluding hydrogens is 389 g/mol. The van der Waals surface area contributed by atoms with E-state index in [9.17, 15) is 9.59 Å². The number of amides is 1. The summed E-state index contributed by atoms with van der Waals surface area (Å²) in [5.74, 6) is -0.0669. The topological polar surface area (TPSA) is 68.5 Å². The zero-order valence-electron chi connectivity index (χ0n) is 14.7. The van der Waals surface area contributed by atoms with Gasteiger partial charge in [-0.3, -0.25) is 4.79 Å². The van der Waals surface area contributed by atoms with Crippen LogP contribution in [0.2, 0.25) is 10.0 Å². The van der Waals surface area contributed by atoms with Crippen molar-refractivity contribution in [3.8, 4) is 5.75 Å². The molecule has 0 saturated heterocycles. The van der Waals surface area contributed by atoms with E-state index in [0.717, 1.165) is 11.1 Å². The van der Waals surface area contributed by atoms with Gasteiger partial charge < -0.3 is 14.5 Å². The molecule has 1 atom stereocenters. The highest BCUT2D eigenvalue weighted by Gasteiger charge is 2.14. The Morgan fingerprint density at radius 1 is 1.19 bits per heavy atom. The first-order valence-electron chi connectivity index (χ1n) is 8.25. The Labute approximate surface area is 165 Å². The molecule has 27 heavy (non-hydrogen) atoms. The fourth-order valence-corrected chi connectivity index (χ4v) is 3.28. The van der Waals surface area contributed by atoms with E-state index in [0.29, 0.717) is 21.0 Å². The lowest BCUT2D eigenvalue weighted by atomic mass is 10.1. The van der Waals surface area contributed by atoms with Crippen molar-refractivity contribution in [2.45, 2.75) is 19.9 Å². The van der Waals surface area contributed by atoms with Crippen LogP contribution in [-0.2, 0) is 4.79 Å². The highest BCUT2D eigenvalue weighted by molar-refractivity contribution is 6.33. The number of halogens is 2. The first-order valence-corrected chi connectivity index (χ1v) is 9.01. The number of benzene rings is 2. The van der Waals surface area contributed by atoms with Crippen LogP contribution in [0.5, 0.6) is 5.75 Å². The number of nitrogens with one attached hydrogen (secondary N) is 1. The SMILES string of the molecule is Cc1cc(=O)oc2cc(OCC(=O)NC(C)c3ccccc3Cl)c(Cl)cc12. The second kappa shape index (κ2) is 8.03. The molecule has 0 fully saturated rings. The van der Waals surface area contributed by atoms with Gasteiger partial charge in [0, 0.05) is 22.5 Å². The molecule has 3 aromatic rings. The van der Waals surface area contributed by atoms with E-state index < -0.39 is 5.63 Å². The van der Waals surface area contributed by atoms with E-state index in [2.05, 4.69) is 5.32 Å². The molecule has 1 unspecified atom stereocenters. The maximum absolute atomic E-state index is 12.2. The molecule has 0 radical (unpaired) electrons. The molecule has 0 spiro atoms. The average molecular weight is 406 g/mol. The lowest BCUT2D eigenvalue weighted by Gasteiger charge is -2.16. The van der Waals surface area contributed by atoms with Crippen molar-refractivity contribution in [2.75, 3.05) is 6.61 Å². The van der Waals surface area contributed by atoms with Gasteiger partial charge >= 0.3 is 5.63 Å². The fraction of sp³-hybridized carbons (Fsp3) is 0.200. The minimum Gasteiger partial charge on any atom is -0.482 e. The summed E-state index contributed by atoms with van der Waals surface area (Å²) in [4.78, 5) is 23.7. The Hall–Kier alpha value is -2.50. The standard InChI is InChI=1S/C20H17Cl2NO4/c1-11-7-20(25)27-17-9-18(16(22)8-14(11)17)26-10-19(24)23-12(2)13-5-3-4-6-15(13)21/h3-9,12H,10H2,1-2H3,(H,23,24). The van der Waals surface area contributed by atoms with Gasteiger partial charge in [0.1, 0.15) is 11.3 Å². The lowest BCUT2D eigenvalue weighted by molar-refractivity contribution is -0.123. The van der Waals surface area contributed by atoms with Gasteiger partial charge in [0.25, 0.3) is 5.91 Å². The molecule has 0 aliphatic rings. The predicted molar refractivity (Wildman–Crippen MR) is 106 cm³/mol. The monoisotopic (exact) mass is 405 g/mol. The van der Waals surface area contributed by atoms with Crippen molar-refractivity contribution >= 4 is 40.1 Å². The van der Waals surface area contributed by atoms with Crippen LogP contribution in [0.25, 0.3) is 11.0 Å². The maximum Gasteiger partial charge on any atom is 0.336 e. The Bertz CT molecular complexity index is 1060. The summed E-state index contributed by atoms with van der Waals surface area (Å²) >= 11 is 12.4. The van der Waals surface area contributed by atoms with Crippen molar-refractivity contribution in [2.24, 2.45) is 0 Å². The van der Waals surface area contributed by atoms with E-state index in [1.54, 1.807) is 19.1 Å². The van der Waals surface area contributed by atoms with Crippen molar-refractivity contribution in [1.29, 1.82) is 0 Å². The molecule has 1 heterocycles. The summed E-state index contributed by atoms with van der Waals surface area (Å²) in [6.45, 7) is 3.38. The molecule has 0 aliphatic carbocycles. The third-order valence-electron chi connectivity index (χ3n) is 4.11. The van der Waals surface area contributed by atoms with Gasteiger partial charge in [-0.15, -0.1) is 0 Å². The Balaban J connectivity index is 1.71. The minimum atomic E-state index is -0.459. The van der Waals surface area contributed by atoms with Crippen LogP contribution in [0.1, 0.15) is 24.1 Å². The molecular formula is C20H17Cl2NO4. The zero-order valence-corrected chi connectivity index (χ0v) is 16.2. The van der Waals surface area contributed by atoms with Crippen LogP contribution >= 0.6 is 23.2 Å². The van der Waals surface area contributed by atoms with Crippen molar-refractivity contribution in [3.63, 3.8) is 0 Å². The van der Waals surface area contributed by atoms with Crippen LogP contribution in [0.3, 0.4) is 0 Å². The number of rotatable bonds is 5. The smallest absolute Gasteiger partial charge is 0.336 e. The lowest BCUT2D eigenvalue weighted by Crippen LogP contribution is -2.31. The number of carbonyl (C=O) groups excluding carboxylic acids is 1. The van der Waals surface area contributed by atoms with Crippen molar-refractivity contribution in [3.05, 3.63) is 74.1 Å². The molecule has 5 nitrogen and oxygen atoms in total. The summed E-state index contributed by atoms with van der Waals surface area (Å²) < 4.78 is 10.7. The number of fused-ring (bicyclic) bond motifs is 1. The fourth-order valence-electron chi connectivity index (χ4n) is 2.76. The van der Waals surface area contributed by atoms with Crippen LogP contribution in [-0.4, -0.2) is 12.5 Å². The summed E-state index contributed by atoms with van der Waals surface area (Å²) in [7, 11) is 0. The summed E-state index contributed by atoms with van der Waals surface area (Å²) in [6.07, 6.45) is 0. The van der Waals surface area contributed by atoms with Gasteiger partial charge in [-0.1, -0.05) is 41.4 Å². The first kappa shape index (κ1) is 19.3. The van der Waals surface area contributed by atoms with Gasteiger partial charge in [0.2, 0.25) is 0 Å². The van der Waals surface area contributed by atoms with Gasteiger partial charge in [-0.05, 0) is 37.1 Å². The summed E-state index contributed by atoms with van der Waals surface area (Å²) in [5.41, 5.74) is 1.46. The van der Waals surface area contributed by atoms with Crippen molar-refractivity contribution < 1.29 is 13.9 Å². The number of hydrogen-bond donors (Lipinski definition) is 1. The molecule has 1 aromatic heterocycles. The number of hydrogen-bond acceptors (Lipinski definition) is 4. The largest absolute Gasteiger partial charge is 0.482 e. The van der Waals surface area contributed by atoms with Crippen LogP contribution in [0.15, 0.2) is 51.7 Å². The zero-order chi connectivity index (χ0) is 19.6. The van der Waals surface area contributed by atoms with Crippen LogP contribution in [0.4, 0.5) is 0 Å². The maximum atomic E-state index is 12.2. The van der Waals surface area contributed by atoms with E-state index >= 15 is 0 Å². The van der Waals surface area contributed by atoms with E-state index in [1.165, 1.54) is 12.1 Å². The van der Waals surface area contributed by atoms with Gasteiger partial charge in [0.05, 0.1) is 11.1 Å². The van der Waals surface area contributed by atoms with Gasteiger partial charge in [-0.2, -0.15) is 0 Å². The Morgan fingerprint density at radius 2 is 1.93 bits per heavy atom. The molecule has 1 amide bonds. The molecule has 1 N–H and O–H groups in total. The highest BCUT2D eigenvalue weighted by atomic mass is 35.5. The number of ether oxygens (including phenoxy) is 1. The molecule has 2 aromatic carbocycles.